The van der Waals surface area contributed by atoms with Crippen LogP contribution in [0.2, 0.25) is 18.1 Å². The Kier molecular flexibility index (Phi) is 11.7. The van der Waals surface area contributed by atoms with Crippen molar-refractivity contribution in [3.63, 3.8) is 0 Å². The highest BCUT2D eigenvalue weighted by Crippen LogP contribution is 2.36. The molecule has 0 fully saturated rings. The second kappa shape index (κ2) is 13.8. The van der Waals surface area contributed by atoms with Gasteiger partial charge >= 0.3 is 5.63 Å². The minimum atomic E-state index is -1.72. The Morgan fingerprint density at radius 2 is 1.97 bits per heavy atom. The van der Waals surface area contributed by atoms with Crippen LogP contribution < -0.4 is 15.7 Å². The standard InChI is InChI=1S/C27H45N3O6SSi/c1-10-13-21(22-16-20(33-7)17-23(31)36-22)28-25(32)27(6)18-37-24(29-27)19(2)30-34-14-11-12-15-35-38(8,9)26(3,4)5/h16-17,21H,10-15,18H2,1-9H3,(H,28,32)/b30-19+/t21-,27+/m1/s1. The quantitative estimate of drug-likeness (QED) is 0.133. The van der Waals surface area contributed by atoms with Crippen molar-refractivity contribution in [2.75, 3.05) is 26.1 Å². The van der Waals surface area contributed by atoms with Gasteiger partial charge in [0.05, 0.1) is 19.2 Å². The van der Waals surface area contributed by atoms with E-state index < -0.39 is 25.5 Å². The summed E-state index contributed by atoms with van der Waals surface area (Å²) in [6.07, 6.45) is 3.17. The molecule has 9 nitrogen and oxygen atoms in total. The molecular formula is C27H45N3O6SSi. The van der Waals surface area contributed by atoms with Gasteiger partial charge in [-0.2, -0.15) is 0 Å². The van der Waals surface area contributed by atoms with E-state index in [1.165, 1.54) is 24.9 Å². The Bertz CT molecular complexity index is 1070. The van der Waals surface area contributed by atoms with Gasteiger partial charge in [0.2, 0.25) is 5.91 Å². The highest BCUT2D eigenvalue weighted by atomic mass is 32.2. The molecule has 1 N–H and O–H groups in total. The first kappa shape index (κ1) is 32.1. The molecule has 1 aromatic rings. The smallest absolute Gasteiger partial charge is 0.339 e. The molecule has 1 aromatic heterocycles. The summed E-state index contributed by atoms with van der Waals surface area (Å²) >= 11 is 1.48. The number of aliphatic imine (C=N–C) groups is 1. The van der Waals surface area contributed by atoms with Crippen molar-refractivity contribution in [3.8, 4) is 5.75 Å². The van der Waals surface area contributed by atoms with Gasteiger partial charge in [0.15, 0.2) is 8.32 Å². The van der Waals surface area contributed by atoms with E-state index in [4.69, 9.17) is 18.4 Å². The normalized spacial score (nSPS) is 19.2. The van der Waals surface area contributed by atoms with Crippen molar-refractivity contribution in [1.82, 2.24) is 5.32 Å². The summed E-state index contributed by atoms with van der Waals surface area (Å²) in [7, 11) is -0.235. The Labute approximate surface area is 232 Å². The average Bonchev–Trinajstić information content (AvgIpc) is 3.25. The maximum Gasteiger partial charge on any atom is 0.339 e. The van der Waals surface area contributed by atoms with Crippen molar-refractivity contribution < 1.29 is 23.2 Å². The predicted octanol–water partition coefficient (Wildman–Crippen LogP) is 5.70. The number of hydrogen-bond donors (Lipinski definition) is 1. The summed E-state index contributed by atoms with van der Waals surface area (Å²) in [4.78, 5) is 35.4. The summed E-state index contributed by atoms with van der Waals surface area (Å²) in [5.41, 5.74) is -0.844. The van der Waals surface area contributed by atoms with Gasteiger partial charge in [0.25, 0.3) is 0 Å². The van der Waals surface area contributed by atoms with Gasteiger partial charge in [-0.3, -0.25) is 9.79 Å². The van der Waals surface area contributed by atoms with Crippen LogP contribution in [0.25, 0.3) is 0 Å². The molecule has 0 saturated carbocycles. The molecule has 1 amide bonds. The number of ether oxygens (including phenoxy) is 1. The third-order valence-corrected chi connectivity index (χ3v) is 12.9. The minimum Gasteiger partial charge on any atom is -0.496 e. The van der Waals surface area contributed by atoms with Gasteiger partial charge in [-0.05, 0) is 51.2 Å². The number of rotatable bonds is 14. The van der Waals surface area contributed by atoms with Gasteiger partial charge in [-0.25, -0.2) is 4.79 Å². The molecule has 38 heavy (non-hydrogen) atoms. The van der Waals surface area contributed by atoms with Gasteiger partial charge in [-0.15, -0.1) is 11.8 Å². The van der Waals surface area contributed by atoms with E-state index in [1.807, 2.05) is 13.8 Å². The lowest BCUT2D eigenvalue weighted by Crippen LogP contribution is -2.45. The lowest BCUT2D eigenvalue weighted by Gasteiger charge is -2.36. The fourth-order valence-electron chi connectivity index (χ4n) is 3.44. The van der Waals surface area contributed by atoms with Gasteiger partial charge in [0, 0.05) is 18.4 Å². The van der Waals surface area contributed by atoms with Gasteiger partial charge in [0.1, 0.15) is 34.4 Å². The van der Waals surface area contributed by atoms with Crippen molar-refractivity contribution in [1.29, 1.82) is 0 Å². The van der Waals surface area contributed by atoms with Crippen molar-refractivity contribution in [3.05, 3.63) is 28.3 Å². The molecule has 214 valence electrons. The highest BCUT2D eigenvalue weighted by Gasteiger charge is 2.40. The van der Waals surface area contributed by atoms with E-state index in [9.17, 15) is 9.59 Å². The molecule has 0 aliphatic carbocycles. The van der Waals surface area contributed by atoms with E-state index in [1.54, 1.807) is 13.0 Å². The lowest BCUT2D eigenvalue weighted by atomic mass is 10.0. The highest BCUT2D eigenvalue weighted by molar-refractivity contribution is 8.16. The molecule has 2 heterocycles. The third kappa shape index (κ3) is 8.98. The summed E-state index contributed by atoms with van der Waals surface area (Å²) in [6, 6.07) is 2.44. The second-order valence-corrected chi connectivity index (χ2v) is 17.1. The van der Waals surface area contributed by atoms with Crippen LogP contribution in [-0.2, 0) is 14.1 Å². The SMILES string of the molecule is CCC[C@@H](NC(=O)[C@]1(C)CSC(/C(C)=N/OCCCCO[Si](C)(C)C(C)(C)C)=N1)c1cc(OC)cc(=O)o1. The van der Waals surface area contributed by atoms with Crippen LogP contribution in [0, 0.1) is 0 Å². The molecule has 2 atom stereocenters. The molecule has 0 bridgehead atoms. The number of nitrogens with zero attached hydrogens (tertiary/aromatic N) is 2. The van der Waals surface area contributed by atoms with E-state index >= 15 is 0 Å². The Balaban J connectivity index is 1.92. The maximum absolute atomic E-state index is 13.3. The fourth-order valence-corrected chi connectivity index (χ4v) is 5.66. The molecule has 0 aromatic carbocycles. The second-order valence-electron chi connectivity index (χ2n) is 11.3. The van der Waals surface area contributed by atoms with E-state index in [-0.39, 0.29) is 10.9 Å². The molecule has 0 unspecified atom stereocenters. The van der Waals surface area contributed by atoms with E-state index in [0.29, 0.717) is 41.0 Å². The molecule has 1 aliphatic heterocycles. The van der Waals surface area contributed by atoms with Crippen LogP contribution in [0.15, 0.2) is 31.5 Å². The van der Waals surface area contributed by atoms with Gasteiger partial charge < -0.3 is 23.7 Å². The van der Waals surface area contributed by atoms with Gasteiger partial charge in [-0.1, -0.05) is 39.3 Å². The lowest BCUT2D eigenvalue weighted by molar-refractivity contribution is -0.125. The Morgan fingerprint density at radius 1 is 1.29 bits per heavy atom. The molecule has 0 saturated heterocycles. The number of carbonyl (C=O) groups is 1. The summed E-state index contributed by atoms with van der Waals surface area (Å²) in [6.45, 7) is 18.1. The van der Waals surface area contributed by atoms with Crippen LogP contribution in [0.1, 0.15) is 79.0 Å². The number of unbranched alkanes of at least 4 members (excludes halogenated alkanes) is 1. The number of carbonyl (C=O) groups excluding carboxylic acids is 1. The van der Waals surface area contributed by atoms with Crippen molar-refractivity contribution in [2.24, 2.45) is 10.1 Å². The summed E-state index contributed by atoms with van der Waals surface area (Å²) < 4.78 is 16.8. The fraction of sp³-hybridized carbons (Fsp3) is 0.704. The van der Waals surface area contributed by atoms with Crippen LogP contribution >= 0.6 is 11.8 Å². The Hall–Kier alpha value is -2.11. The van der Waals surface area contributed by atoms with E-state index in [0.717, 1.165) is 25.9 Å². The predicted molar refractivity (Wildman–Crippen MR) is 157 cm³/mol. The number of amides is 1. The van der Waals surface area contributed by atoms with E-state index in [2.05, 4.69) is 49.3 Å². The monoisotopic (exact) mass is 567 g/mol. The number of nitrogens with one attached hydrogen (secondary N) is 1. The number of methoxy groups -OCH3 is 1. The first-order chi connectivity index (χ1) is 17.7. The molecule has 0 spiro atoms. The molecule has 1 aliphatic rings. The first-order valence-corrected chi connectivity index (χ1v) is 17.2. The largest absolute Gasteiger partial charge is 0.496 e. The van der Waals surface area contributed by atoms with Crippen LogP contribution in [0.4, 0.5) is 0 Å². The Morgan fingerprint density at radius 3 is 2.61 bits per heavy atom. The first-order valence-electron chi connectivity index (χ1n) is 13.3. The third-order valence-electron chi connectivity index (χ3n) is 6.96. The zero-order chi connectivity index (χ0) is 28.6. The number of oxime groups is 1. The molecule has 11 heteroatoms. The number of thioether (sulfide) groups is 1. The number of hydrogen-bond acceptors (Lipinski definition) is 9. The zero-order valence-corrected chi connectivity index (χ0v) is 26.3. The van der Waals surface area contributed by atoms with Crippen LogP contribution in [-0.4, -0.2) is 56.6 Å². The van der Waals surface area contributed by atoms with Crippen molar-refractivity contribution in [2.45, 2.75) is 96.9 Å². The molecular weight excluding hydrogens is 522 g/mol. The molecule has 0 radical (unpaired) electrons. The zero-order valence-electron chi connectivity index (χ0n) is 24.4. The summed E-state index contributed by atoms with van der Waals surface area (Å²) in [5.74, 6) is 1.000. The summed E-state index contributed by atoms with van der Waals surface area (Å²) in [5, 5.41) is 8.13. The van der Waals surface area contributed by atoms with Crippen LogP contribution in [0.3, 0.4) is 0 Å². The van der Waals surface area contributed by atoms with Crippen molar-refractivity contribution >= 4 is 36.7 Å². The van der Waals surface area contributed by atoms with Crippen LogP contribution in [0.5, 0.6) is 5.75 Å². The maximum atomic E-state index is 13.3. The topological polar surface area (TPSA) is 112 Å². The molecule has 2 rings (SSSR count). The minimum absolute atomic E-state index is 0.206. The average molecular weight is 568 g/mol.